The topological polar surface area (TPSA) is 73.6 Å². The highest BCUT2D eigenvalue weighted by atomic mass is 32.1. The van der Waals surface area contributed by atoms with E-state index >= 15 is 0 Å². The van der Waals surface area contributed by atoms with Crippen LogP contribution in [0.15, 0.2) is 40.1 Å². The third-order valence-electron chi connectivity index (χ3n) is 4.21. The Hall–Kier alpha value is -2.80. The van der Waals surface area contributed by atoms with Crippen LogP contribution >= 0.6 is 11.3 Å². The number of thiazole rings is 1. The van der Waals surface area contributed by atoms with Crippen molar-refractivity contribution in [1.82, 2.24) is 10.3 Å². The molecule has 0 radical (unpaired) electrons. The minimum atomic E-state index is -0.164. The molecular formula is C21H24N2O4S. The number of nitrogens with one attached hydrogen (secondary N) is 1. The second-order valence-electron chi connectivity index (χ2n) is 6.36. The zero-order chi connectivity index (χ0) is 20.1. The number of hydrogen-bond donors (Lipinski definition) is 1. The lowest BCUT2D eigenvalue weighted by atomic mass is 10.1. The summed E-state index contributed by atoms with van der Waals surface area (Å²) in [6.45, 7) is 6.32. The van der Waals surface area contributed by atoms with Gasteiger partial charge in [0.1, 0.15) is 5.76 Å². The quantitative estimate of drug-likeness (QED) is 0.601. The molecule has 0 aliphatic carbocycles. The summed E-state index contributed by atoms with van der Waals surface area (Å²) in [5.74, 6) is 2.81. The van der Waals surface area contributed by atoms with Gasteiger partial charge in [-0.25, -0.2) is 4.98 Å². The van der Waals surface area contributed by atoms with Crippen LogP contribution in [0.25, 0.3) is 10.8 Å². The third-order valence-corrected chi connectivity index (χ3v) is 5.12. The molecule has 148 valence electrons. The fourth-order valence-corrected chi connectivity index (χ4v) is 3.60. The van der Waals surface area contributed by atoms with Gasteiger partial charge in [-0.1, -0.05) is 6.07 Å². The van der Waals surface area contributed by atoms with E-state index in [1.165, 1.54) is 11.3 Å². The number of carbonyl (C=O) groups excluding carboxylic acids is 1. The fourth-order valence-electron chi connectivity index (χ4n) is 2.82. The SMILES string of the molecule is CCOc1ccc(C(C)NC(=O)Cc2csc(-c3ccc(C)o3)n2)cc1OC. The highest BCUT2D eigenvalue weighted by Crippen LogP contribution is 2.30. The van der Waals surface area contributed by atoms with Gasteiger partial charge in [-0.3, -0.25) is 4.79 Å². The number of rotatable bonds is 8. The van der Waals surface area contributed by atoms with Crippen LogP contribution in [0.2, 0.25) is 0 Å². The molecule has 7 heteroatoms. The number of furan rings is 1. The van der Waals surface area contributed by atoms with E-state index in [0.29, 0.717) is 18.1 Å². The lowest BCUT2D eigenvalue weighted by molar-refractivity contribution is -0.121. The van der Waals surface area contributed by atoms with E-state index in [1.54, 1.807) is 7.11 Å². The number of methoxy groups -OCH3 is 1. The molecule has 1 N–H and O–H groups in total. The summed E-state index contributed by atoms with van der Waals surface area (Å²) in [5, 5.41) is 5.67. The Labute approximate surface area is 168 Å². The summed E-state index contributed by atoms with van der Waals surface area (Å²) in [4.78, 5) is 16.9. The van der Waals surface area contributed by atoms with Gasteiger partial charge >= 0.3 is 0 Å². The Balaban J connectivity index is 1.62. The number of aromatic nitrogens is 1. The number of amides is 1. The van der Waals surface area contributed by atoms with E-state index in [2.05, 4.69) is 10.3 Å². The van der Waals surface area contributed by atoms with Crippen LogP contribution in [0.4, 0.5) is 0 Å². The maximum Gasteiger partial charge on any atom is 0.226 e. The summed E-state index contributed by atoms with van der Waals surface area (Å²) < 4.78 is 16.5. The lowest BCUT2D eigenvalue weighted by Crippen LogP contribution is -2.28. The van der Waals surface area contributed by atoms with Crippen molar-refractivity contribution in [3.63, 3.8) is 0 Å². The molecular weight excluding hydrogens is 376 g/mol. The lowest BCUT2D eigenvalue weighted by Gasteiger charge is -2.16. The van der Waals surface area contributed by atoms with Crippen LogP contribution in [-0.2, 0) is 11.2 Å². The van der Waals surface area contributed by atoms with Crippen molar-refractivity contribution in [2.75, 3.05) is 13.7 Å². The molecule has 2 aromatic heterocycles. The standard InChI is InChI=1S/C21H24N2O4S/c1-5-26-17-9-7-15(10-19(17)25-4)14(3)22-20(24)11-16-12-28-21(23-16)18-8-6-13(2)27-18/h6-10,12,14H,5,11H2,1-4H3,(H,22,24). The Bertz CT molecular complexity index is 948. The van der Waals surface area contributed by atoms with Crippen molar-refractivity contribution >= 4 is 17.2 Å². The van der Waals surface area contributed by atoms with Crippen molar-refractivity contribution in [3.05, 3.63) is 52.7 Å². The van der Waals surface area contributed by atoms with Gasteiger partial charge in [-0.05, 0) is 50.6 Å². The van der Waals surface area contributed by atoms with Gasteiger partial charge in [0.25, 0.3) is 0 Å². The molecule has 28 heavy (non-hydrogen) atoms. The first kappa shape index (κ1) is 19.9. The molecule has 0 spiro atoms. The van der Waals surface area contributed by atoms with Crippen molar-refractivity contribution in [2.24, 2.45) is 0 Å². The van der Waals surface area contributed by atoms with E-state index < -0.39 is 0 Å². The number of hydrogen-bond acceptors (Lipinski definition) is 6. The zero-order valence-electron chi connectivity index (χ0n) is 16.4. The molecule has 6 nitrogen and oxygen atoms in total. The van der Waals surface area contributed by atoms with Crippen LogP contribution in [-0.4, -0.2) is 24.6 Å². The van der Waals surface area contributed by atoms with Gasteiger partial charge in [0.15, 0.2) is 22.3 Å². The van der Waals surface area contributed by atoms with Gasteiger partial charge in [-0.2, -0.15) is 0 Å². The van der Waals surface area contributed by atoms with Gasteiger partial charge in [0, 0.05) is 5.38 Å². The highest BCUT2D eigenvalue weighted by Gasteiger charge is 2.15. The molecule has 0 aliphatic heterocycles. The molecule has 0 saturated heterocycles. The summed E-state index contributed by atoms with van der Waals surface area (Å²) >= 11 is 1.47. The van der Waals surface area contributed by atoms with E-state index in [4.69, 9.17) is 13.9 Å². The first-order chi connectivity index (χ1) is 13.5. The number of carbonyl (C=O) groups is 1. The molecule has 0 bridgehead atoms. The summed E-state index contributed by atoms with van der Waals surface area (Å²) in [6.07, 6.45) is 0.217. The monoisotopic (exact) mass is 400 g/mol. The van der Waals surface area contributed by atoms with Crippen molar-refractivity contribution in [2.45, 2.75) is 33.2 Å². The Morgan fingerprint density at radius 3 is 2.79 bits per heavy atom. The first-order valence-electron chi connectivity index (χ1n) is 9.11. The van der Waals surface area contributed by atoms with Crippen LogP contribution in [0.5, 0.6) is 11.5 Å². The second-order valence-corrected chi connectivity index (χ2v) is 7.22. The maximum atomic E-state index is 12.4. The van der Waals surface area contributed by atoms with E-state index in [9.17, 15) is 4.79 Å². The molecule has 0 fully saturated rings. The zero-order valence-corrected chi connectivity index (χ0v) is 17.3. The number of ether oxygens (including phenoxy) is 2. The molecule has 2 heterocycles. The van der Waals surface area contributed by atoms with Gasteiger partial charge < -0.3 is 19.2 Å². The average Bonchev–Trinajstić information content (AvgIpc) is 3.31. The summed E-state index contributed by atoms with van der Waals surface area (Å²) in [5.41, 5.74) is 1.67. The molecule has 3 aromatic rings. The molecule has 1 unspecified atom stereocenters. The third kappa shape index (κ3) is 4.72. The second kappa shape index (κ2) is 8.93. The summed E-state index contributed by atoms with van der Waals surface area (Å²) in [7, 11) is 1.60. The van der Waals surface area contributed by atoms with Crippen LogP contribution in [0, 0.1) is 6.92 Å². The van der Waals surface area contributed by atoms with Crippen LogP contribution < -0.4 is 14.8 Å². The summed E-state index contributed by atoms with van der Waals surface area (Å²) in [6, 6.07) is 9.30. The highest BCUT2D eigenvalue weighted by molar-refractivity contribution is 7.13. The average molecular weight is 401 g/mol. The van der Waals surface area contributed by atoms with Gasteiger partial charge in [-0.15, -0.1) is 11.3 Å². The Morgan fingerprint density at radius 2 is 2.11 bits per heavy atom. The van der Waals surface area contributed by atoms with Crippen molar-refractivity contribution < 1.29 is 18.7 Å². The molecule has 1 atom stereocenters. The predicted molar refractivity (Wildman–Crippen MR) is 109 cm³/mol. The van der Waals surface area contributed by atoms with E-state index in [-0.39, 0.29) is 18.4 Å². The predicted octanol–water partition coefficient (Wildman–Crippen LogP) is 4.54. The van der Waals surface area contributed by atoms with E-state index in [0.717, 1.165) is 27.8 Å². The Morgan fingerprint density at radius 1 is 1.29 bits per heavy atom. The molecule has 1 aromatic carbocycles. The van der Waals surface area contributed by atoms with Crippen molar-refractivity contribution in [3.8, 4) is 22.3 Å². The first-order valence-corrected chi connectivity index (χ1v) is 9.99. The number of benzene rings is 1. The molecule has 0 saturated carbocycles. The van der Waals surface area contributed by atoms with E-state index in [1.807, 2.05) is 56.5 Å². The van der Waals surface area contributed by atoms with Crippen LogP contribution in [0.3, 0.4) is 0 Å². The fraction of sp³-hybridized carbons (Fsp3) is 0.333. The maximum absolute atomic E-state index is 12.4. The largest absolute Gasteiger partial charge is 0.493 e. The minimum Gasteiger partial charge on any atom is -0.493 e. The van der Waals surface area contributed by atoms with Gasteiger partial charge in [0.05, 0.1) is 31.9 Å². The van der Waals surface area contributed by atoms with Gasteiger partial charge in [0.2, 0.25) is 5.91 Å². The Kier molecular flexibility index (Phi) is 6.36. The molecule has 0 aliphatic rings. The molecule has 1 amide bonds. The molecule has 3 rings (SSSR count). The number of nitrogens with zero attached hydrogens (tertiary/aromatic N) is 1. The van der Waals surface area contributed by atoms with Crippen molar-refractivity contribution in [1.29, 1.82) is 0 Å². The smallest absolute Gasteiger partial charge is 0.226 e. The number of aryl methyl sites for hydroxylation is 1. The van der Waals surface area contributed by atoms with Crippen LogP contribution in [0.1, 0.15) is 36.9 Å². The minimum absolute atomic E-state index is 0.0900. The normalized spacial score (nSPS) is 11.9.